The normalized spacial score (nSPS) is 21.4. The third-order valence-electron chi connectivity index (χ3n) is 2.80. The summed E-state index contributed by atoms with van der Waals surface area (Å²) in [5, 5.41) is 0. The van der Waals surface area contributed by atoms with E-state index in [0.717, 1.165) is 25.3 Å². The zero-order chi connectivity index (χ0) is 12.3. The standard InChI is InChI=1S/C11H17N3O3/c1-8-6-14(3-5-16-8)7-9-2-4-17-10(9)11(15)13-12/h2,4,8H,3,5-7,12H2,1H3,(H,13,15). The molecule has 0 bridgehead atoms. The van der Waals surface area contributed by atoms with E-state index in [4.69, 9.17) is 15.0 Å². The highest BCUT2D eigenvalue weighted by Crippen LogP contribution is 2.15. The smallest absolute Gasteiger partial charge is 0.301 e. The quantitative estimate of drug-likeness (QED) is 0.444. The molecule has 1 aliphatic rings. The number of hydrogen-bond acceptors (Lipinski definition) is 5. The van der Waals surface area contributed by atoms with Gasteiger partial charge >= 0.3 is 5.91 Å². The fourth-order valence-electron chi connectivity index (χ4n) is 2.00. The number of nitrogens with zero attached hydrogens (tertiary/aromatic N) is 1. The number of nitrogen functional groups attached to an aromatic ring is 1. The number of morpholine rings is 1. The van der Waals surface area contributed by atoms with Gasteiger partial charge in [0.1, 0.15) is 0 Å². The van der Waals surface area contributed by atoms with Crippen LogP contribution in [0.5, 0.6) is 0 Å². The third-order valence-corrected chi connectivity index (χ3v) is 2.80. The highest BCUT2D eigenvalue weighted by Gasteiger charge is 2.20. The first-order chi connectivity index (χ1) is 8.20. The molecule has 2 rings (SSSR count). The molecule has 6 heteroatoms. The van der Waals surface area contributed by atoms with Gasteiger partial charge in [-0.05, 0) is 13.0 Å². The molecule has 0 radical (unpaired) electrons. The number of hydrogen-bond donors (Lipinski definition) is 2. The van der Waals surface area contributed by atoms with E-state index < -0.39 is 5.91 Å². The molecule has 94 valence electrons. The average Bonchev–Trinajstić information content (AvgIpc) is 2.76. The number of carbonyl (C=O) groups excluding carboxylic acids is 1. The number of carbonyl (C=O) groups is 1. The van der Waals surface area contributed by atoms with Crippen molar-refractivity contribution in [2.75, 3.05) is 19.7 Å². The van der Waals surface area contributed by atoms with E-state index in [1.807, 2.05) is 6.92 Å². The molecule has 1 aromatic rings. The molecular formula is C11H17N3O3. The van der Waals surface area contributed by atoms with Gasteiger partial charge in [0.2, 0.25) is 0 Å². The van der Waals surface area contributed by atoms with Crippen LogP contribution in [0.2, 0.25) is 0 Å². The Hall–Kier alpha value is -1.37. The van der Waals surface area contributed by atoms with E-state index in [2.05, 4.69) is 10.3 Å². The lowest BCUT2D eigenvalue weighted by Gasteiger charge is -2.30. The second-order valence-corrected chi connectivity index (χ2v) is 4.16. The Morgan fingerprint density at radius 2 is 2.53 bits per heavy atom. The minimum absolute atomic E-state index is 0.224. The average molecular weight is 239 g/mol. The molecular weight excluding hydrogens is 222 g/mol. The van der Waals surface area contributed by atoms with Crippen LogP contribution in [0.3, 0.4) is 0 Å². The van der Waals surface area contributed by atoms with E-state index in [9.17, 15) is 4.79 Å². The van der Waals surface area contributed by atoms with E-state index in [1.165, 1.54) is 6.26 Å². The lowest BCUT2D eigenvalue weighted by molar-refractivity contribution is -0.0213. The SMILES string of the molecule is CC1CN(Cc2ccoc2C(=O)NN)CCO1. The lowest BCUT2D eigenvalue weighted by atomic mass is 10.2. The lowest BCUT2D eigenvalue weighted by Crippen LogP contribution is -2.40. The predicted octanol–water partition coefficient (Wildman–Crippen LogP) is 0.104. The van der Waals surface area contributed by atoms with Crippen LogP contribution in [0.15, 0.2) is 16.7 Å². The Morgan fingerprint density at radius 1 is 1.71 bits per heavy atom. The molecule has 3 N–H and O–H groups in total. The molecule has 0 aliphatic carbocycles. The molecule has 1 atom stereocenters. The Kier molecular flexibility index (Phi) is 3.78. The summed E-state index contributed by atoms with van der Waals surface area (Å²) in [4.78, 5) is 13.7. The topological polar surface area (TPSA) is 80.7 Å². The van der Waals surface area contributed by atoms with Crippen LogP contribution in [0.1, 0.15) is 23.0 Å². The van der Waals surface area contributed by atoms with Crippen molar-refractivity contribution in [2.24, 2.45) is 5.84 Å². The van der Waals surface area contributed by atoms with Crippen LogP contribution < -0.4 is 11.3 Å². The van der Waals surface area contributed by atoms with E-state index in [1.54, 1.807) is 6.07 Å². The molecule has 1 unspecified atom stereocenters. The minimum Gasteiger partial charge on any atom is -0.459 e. The molecule has 1 aromatic heterocycles. The van der Waals surface area contributed by atoms with Gasteiger partial charge in [0.05, 0.1) is 19.0 Å². The number of hydrazine groups is 1. The molecule has 6 nitrogen and oxygen atoms in total. The van der Waals surface area contributed by atoms with Crippen LogP contribution in [-0.2, 0) is 11.3 Å². The minimum atomic E-state index is -0.397. The predicted molar refractivity (Wildman–Crippen MR) is 61.1 cm³/mol. The van der Waals surface area contributed by atoms with E-state index in [-0.39, 0.29) is 11.9 Å². The van der Waals surface area contributed by atoms with Gasteiger partial charge in [-0.1, -0.05) is 0 Å². The van der Waals surface area contributed by atoms with Gasteiger partial charge in [-0.15, -0.1) is 0 Å². The molecule has 2 heterocycles. The first-order valence-corrected chi connectivity index (χ1v) is 5.62. The number of nitrogens with two attached hydrogens (primary N) is 1. The van der Waals surface area contributed by atoms with Crippen LogP contribution in [0.25, 0.3) is 0 Å². The number of amides is 1. The van der Waals surface area contributed by atoms with Crippen LogP contribution >= 0.6 is 0 Å². The fourth-order valence-corrected chi connectivity index (χ4v) is 2.00. The number of rotatable bonds is 3. The summed E-state index contributed by atoms with van der Waals surface area (Å²) in [6, 6.07) is 1.80. The van der Waals surface area contributed by atoms with Crippen LogP contribution in [0, 0.1) is 0 Å². The third kappa shape index (κ3) is 2.85. The van der Waals surface area contributed by atoms with Gasteiger partial charge in [0, 0.05) is 25.2 Å². The summed E-state index contributed by atoms with van der Waals surface area (Å²) < 4.78 is 10.6. The molecule has 0 spiro atoms. The first kappa shape index (κ1) is 12.1. The Balaban J connectivity index is 2.03. The highest BCUT2D eigenvalue weighted by atomic mass is 16.5. The maximum Gasteiger partial charge on any atom is 0.301 e. The molecule has 1 aliphatic heterocycles. The molecule has 1 amide bonds. The maximum absolute atomic E-state index is 11.4. The van der Waals surface area contributed by atoms with E-state index >= 15 is 0 Å². The van der Waals surface area contributed by atoms with Gasteiger partial charge in [-0.2, -0.15) is 0 Å². The molecule has 0 aromatic carbocycles. The van der Waals surface area contributed by atoms with Crippen molar-refractivity contribution in [2.45, 2.75) is 19.6 Å². The van der Waals surface area contributed by atoms with Crippen LogP contribution in [-0.4, -0.2) is 36.6 Å². The van der Waals surface area contributed by atoms with E-state index in [0.29, 0.717) is 6.54 Å². The van der Waals surface area contributed by atoms with Crippen molar-refractivity contribution in [3.63, 3.8) is 0 Å². The summed E-state index contributed by atoms with van der Waals surface area (Å²) in [5.74, 6) is 4.98. The highest BCUT2D eigenvalue weighted by molar-refractivity contribution is 5.92. The number of nitrogens with one attached hydrogen (secondary N) is 1. The largest absolute Gasteiger partial charge is 0.459 e. The zero-order valence-electron chi connectivity index (χ0n) is 9.81. The van der Waals surface area contributed by atoms with Crippen molar-refractivity contribution in [1.29, 1.82) is 0 Å². The second-order valence-electron chi connectivity index (χ2n) is 4.16. The van der Waals surface area contributed by atoms with Gasteiger partial charge < -0.3 is 9.15 Å². The summed E-state index contributed by atoms with van der Waals surface area (Å²) in [6.07, 6.45) is 1.73. The Morgan fingerprint density at radius 3 is 3.24 bits per heavy atom. The molecule has 0 saturated carbocycles. The summed E-state index contributed by atoms with van der Waals surface area (Å²) in [5.41, 5.74) is 2.93. The van der Waals surface area contributed by atoms with Crippen molar-refractivity contribution in [3.05, 3.63) is 23.7 Å². The number of ether oxygens (including phenoxy) is 1. The van der Waals surface area contributed by atoms with Crippen molar-refractivity contribution in [1.82, 2.24) is 10.3 Å². The summed E-state index contributed by atoms with van der Waals surface area (Å²) >= 11 is 0. The van der Waals surface area contributed by atoms with Gasteiger partial charge in [0.15, 0.2) is 5.76 Å². The van der Waals surface area contributed by atoms with Crippen LogP contribution in [0.4, 0.5) is 0 Å². The van der Waals surface area contributed by atoms with Gasteiger partial charge in [-0.25, -0.2) is 5.84 Å². The molecule has 17 heavy (non-hydrogen) atoms. The molecule has 1 saturated heterocycles. The van der Waals surface area contributed by atoms with Gasteiger partial charge in [0.25, 0.3) is 0 Å². The second kappa shape index (κ2) is 5.31. The Bertz CT molecular complexity index is 391. The van der Waals surface area contributed by atoms with Crippen molar-refractivity contribution < 1.29 is 13.9 Å². The number of furan rings is 1. The van der Waals surface area contributed by atoms with Crippen molar-refractivity contribution >= 4 is 5.91 Å². The monoisotopic (exact) mass is 239 g/mol. The maximum atomic E-state index is 11.4. The zero-order valence-corrected chi connectivity index (χ0v) is 9.81. The molecule has 1 fully saturated rings. The van der Waals surface area contributed by atoms with Crippen molar-refractivity contribution in [3.8, 4) is 0 Å². The Labute approximate surface area is 99.7 Å². The summed E-state index contributed by atoms with van der Waals surface area (Å²) in [6.45, 7) is 5.15. The summed E-state index contributed by atoms with van der Waals surface area (Å²) in [7, 11) is 0. The first-order valence-electron chi connectivity index (χ1n) is 5.62. The fraction of sp³-hybridized carbons (Fsp3) is 0.545. The van der Waals surface area contributed by atoms with Gasteiger partial charge in [-0.3, -0.25) is 15.1 Å².